The Morgan fingerprint density at radius 3 is 1.76 bits per heavy atom. The molecule has 0 aliphatic carbocycles. The van der Waals surface area contributed by atoms with Gasteiger partial charge in [-0.2, -0.15) is 5.26 Å². The molecule has 0 saturated carbocycles. The van der Waals surface area contributed by atoms with Gasteiger partial charge in [0, 0.05) is 33.6 Å². The summed E-state index contributed by atoms with van der Waals surface area (Å²) in [5.41, 5.74) is 0. The third-order valence-corrected chi connectivity index (χ3v) is 6.98. The molecule has 7 heteroatoms. The largest absolute Gasteiger partial charge is 0.466 e. The molecule has 0 atom stereocenters. The number of esters is 1. The molecule has 0 amide bonds. The second-order valence-corrected chi connectivity index (χ2v) is 10.8. The number of hydrogen-bond acceptors (Lipinski definition) is 5. The van der Waals surface area contributed by atoms with E-state index in [0.717, 1.165) is 45.4 Å². The number of aliphatic imine (C=N–C) groups is 1. The summed E-state index contributed by atoms with van der Waals surface area (Å²) in [4.78, 5) is 20.2. The van der Waals surface area contributed by atoms with Crippen LogP contribution in [-0.2, 0) is 9.53 Å². The third-order valence-electron chi connectivity index (χ3n) is 6.98. The molecule has 0 radical (unpaired) electrons. The number of carbonyl (C=O) groups excluding carboxylic acids is 1. The minimum atomic E-state index is -0.0226. The van der Waals surface area contributed by atoms with Crippen molar-refractivity contribution < 1.29 is 9.53 Å². The van der Waals surface area contributed by atoms with E-state index in [1.54, 1.807) is 0 Å². The minimum Gasteiger partial charge on any atom is -0.466 e. The van der Waals surface area contributed by atoms with Gasteiger partial charge in [0.1, 0.15) is 0 Å². The standard InChI is InChI=1S/C31H61N5O2/c1-5-7-9-11-13-18-22-28-38-30(37)23-19-15-14-17-21-26-36(25-20-16-12-10-8-6-2)27-24-33-31(34-29-32)35(3)4/h5-28H2,1-4H3,(H,33,34). The van der Waals surface area contributed by atoms with Gasteiger partial charge in [0.05, 0.1) is 6.61 Å². The highest BCUT2D eigenvalue weighted by atomic mass is 16.5. The monoisotopic (exact) mass is 535 g/mol. The molecule has 0 heterocycles. The Kier molecular flexibility index (Phi) is 26.9. The van der Waals surface area contributed by atoms with Crippen molar-refractivity contribution in [3.8, 4) is 6.19 Å². The van der Waals surface area contributed by atoms with E-state index >= 15 is 0 Å². The maximum Gasteiger partial charge on any atom is 0.305 e. The molecule has 0 bridgehead atoms. The Bertz CT molecular complexity index is 604. The molecule has 0 saturated heterocycles. The molecule has 0 aliphatic rings. The lowest BCUT2D eigenvalue weighted by molar-refractivity contribution is -0.143. The SMILES string of the molecule is CCCCCCCCCOC(=O)CCCCCCCN(CCCCCCCC)CCN/C(=N/C#N)N(C)C. The van der Waals surface area contributed by atoms with Crippen molar-refractivity contribution >= 4 is 11.9 Å². The van der Waals surface area contributed by atoms with E-state index in [-0.39, 0.29) is 5.97 Å². The quantitative estimate of drug-likeness (QED) is 0.0412. The zero-order valence-corrected chi connectivity index (χ0v) is 25.6. The average Bonchev–Trinajstić information content (AvgIpc) is 2.90. The van der Waals surface area contributed by atoms with Crippen LogP contribution in [0.15, 0.2) is 4.99 Å². The van der Waals surface area contributed by atoms with Crippen LogP contribution < -0.4 is 5.32 Å². The zero-order chi connectivity index (χ0) is 28.1. The van der Waals surface area contributed by atoms with Gasteiger partial charge in [0.2, 0.25) is 12.2 Å². The maximum absolute atomic E-state index is 11.9. The van der Waals surface area contributed by atoms with E-state index in [4.69, 9.17) is 10.00 Å². The van der Waals surface area contributed by atoms with E-state index in [0.29, 0.717) is 19.0 Å². The molecule has 0 aliphatic heterocycles. The van der Waals surface area contributed by atoms with Gasteiger partial charge in [-0.15, -0.1) is 4.99 Å². The van der Waals surface area contributed by atoms with Crippen LogP contribution in [0, 0.1) is 11.5 Å². The van der Waals surface area contributed by atoms with Crippen LogP contribution in [0.2, 0.25) is 0 Å². The molecule has 7 nitrogen and oxygen atoms in total. The van der Waals surface area contributed by atoms with Crippen LogP contribution in [0.1, 0.15) is 136 Å². The van der Waals surface area contributed by atoms with Crippen molar-refractivity contribution in [2.24, 2.45) is 4.99 Å². The molecule has 0 fully saturated rings. The van der Waals surface area contributed by atoms with Gasteiger partial charge in [-0.1, -0.05) is 104 Å². The molecule has 0 aromatic rings. The number of nitrogens with one attached hydrogen (secondary N) is 1. The number of nitriles is 1. The smallest absolute Gasteiger partial charge is 0.305 e. The number of ether oxygens (including phenoxy) is 1. The Hall–Kier alpha value is -1.81. The summed E-state index contributed by atoms with van der Waals surface area (Å²) >= 11 is 0. The summed E-state index contributed by atoms with van der Waals surface area (Å²) in [5.74, 6) is 0.596. The molecule has 0 aromatic carbocycles. The average molecular weight is 536 g/mol. The highest BCUT2D eigenvalue weighted by Crippen LogP contribution is 2.10. The molecule has 38 heavy (non-hydrogen) atoms. The first-order chi connectivity index (χ1) is 18.5. The number of guanidine groups is 1. The van der Waals surface area contributed by atoms with Gasteiger partial charge in [-0.05, 0) is 38.8 Å². The summed E-state index contributed by atoms with van der Waals surface area (Å²) in [6, 6.07) is 0. The molecular weight excluding hydrogens is 474 g/mol. The fourth-order valence-electron chi connectivity index (χ4n) is 4.57. The second kappa shape index (κ2) is 28.2. The summed E-state index contributed by atoms with van der Waals surface area (Å²) in [6.45, 7) is 9.07. The van der Waals surface area contributed by atoms with Gasteiger partial charge in [0.15, 0.2) is 0 Å². The highest BCUT2D eigenvalue weighted by molar-refractivity contribution is 5.80. The van der Waals surface area contributed by atoms with Gasteiger partial charge in [0.25, 0.3) is 0 Å². The first-order valence-electron chi connectivity index (χ1n) is 15.8. The maximum atomic E-state index is 11.9. The van der Waals surface area contributed by atoms with Crippen molar-refractivity contribution in [3.05, 3.63) is 0 Å². The molecule has 222 valence electrons. The van der Waals surface area contributed by atoms with Crippen molar-refractivity contribution in [3.63, 3.8) is 0 Å². The molecule has 0 aromatic heterocycles. The van der Waals surface area contributed by atoms with Gasteiger partial charge < -0.3 is 19.9 Å². The third kappa shape index (κ3) is 24.5. The van der Waals surface area contributed by atoms with Crippen LogP contribution in [-0.4, -0.2) is 68.6 Å². The van der Waals surface area contributed by atoms with Crippen LogP contribution in [0.3, 0.4) is 0 Å². The highest BCUT2D eigenvalue weighted by Gasteiger charge is 2.08. The molecular formula is C31H61N5O2. The van der Waals surface area contributed by atoms with Crippen molar-refractivity contribution in [2.75, 3.05) is 46.9 Å². The van der Waals surface area contributed by atoms with E-state index in [9.17, 15) is 4.79 Å². The van der Waals surface area contributed by atoms with Gasteiger partial charge in [-0.3, -0.25) is 4.79 Å². The molecule has 0 unspecified atom stereocenters. The van der Waals surface area contributed by atoms with Crippen molar-refractivity contribution in [2.45, 2.75) is 136 Å². The predicted molar refractivity (Wildman–Crippen MR) is 161 cm³/mol. The topological polar surface area (TPSA) is 81.0 Å². The summed E-state index contributed by atoms with van der Waals surface area (Å²) < 4.78 is 5.40. The predicted octanol–water partition coefficient (Wildman–Crippen LogP) is 7.27. The second-order valence-electron chi connectivity index (χ2n) is 10.8. The number of carbonyl (C=O) groups is 1. The zero-order valence-electron chi connectivity index (χ0n) is 25.6. The Labute approximate surface area is 235 Å². The Morgan fingerprint density at radius 2 is 1.24 bits per heavy atom. The van der Waals surface area contributed by atoms with Crippen LogP contribution in [0.25, 0.3) is 0 Å². The molecule has 0 rings (SSSR count). The number of rotatable bonds is 26. The van der Waals surface area contributed by atoms with Gasteiger partial charge in [-0.25, -0.2) is 0 Å². The minimum absolute atomic E-state index is 0.0226. The summed E-state index contributed by atoms with van der Waals surface area (Å²) in [7, 11) is 3.79. The van der Waals surface area contributed by atoms with E-state index in [1.807, 2.05) is 25.2 Å². The van der Waals surface area contributed by atoms with Crippen LogP contribution in [0.4, 0.5) is 0 Å². The van der Waals surface area contributed by atoms with Gasteiger partial charge >= 0.3 is 5.97 Å². The molecule has 1 N–H and O–H groups in total. The lowest BCUT2D eigenvalue weighted by Gasteiger charge is -2.24. The number of nitrogens with zero attached hydrogens (tertiary/aromatic N) is 4. The van der Waals surface area contributed by atoms with Crippen LogP contribution >= 0.6 is 0 Å². The summed E-state index contributed by atoms with van der Waals surface area (Å²) in [5, 5.41) is 12.2. The number of unbranched alkanes of at least 4 members (excludes halogenated alkanes) is 15. The van der Waals surface area contributed by atoms with Crippen molar-refractivity contribution in [1.82, 2.24) is 15.1 Å². The Morgan fingerprint density at radius 1 is 0.737 bits per heavy atom. The number of hydrogen-bond donors (Lipinski definition) is 1. The van der Waals surface area contributed by atoms with E-state index in [1.165, 1.54) is 96.3 Å². The lowest BCUT2D eigenvalue weighted by Crippen LogP contribution is -2.41. The lowest BCUT2D eigenvalue weighted by atomic mass is 10.1. The Balaban J connectivity index is 4.01. The van der Waals surface area contributed by atoms with E-state index in [2.05, 4.69) is 29.1 Å². The van der Waals surface area contributed by atoms with Crippen molar-refractivity contribution in [1.29, 1.82) is 5.26 Å². The van der Waals surface area contributed by atoms with E-state index < -0.39 is 0 Å². The summed E-state index contributed by atoms with van der Waals surface area (Å²) in [6.07, 6.45) is 24.6. The van der Waals surface area contributed by atoms with Crippen LogP contribution in [0.5, 0.6) is 0 Å². The first-order valence-corrected chi connectivity index (χ1v) is 15.8. The fourth-order valence-corrected chi connectivity index (χ4v) is 4.57. The first kappa shape index (κ1) is 36.2. The molecule has 0 spiro atoms. The fraction of sp³-hybridized carbons (Fsp3) is 0.903. The normalized spacial score (nSPS) is 11.5.